The second kappa shape index (κ2) is 5.85. The molecule has 23 heavy (non-hydrogen) atoms. The Bertz CT molecular complexity index is 829. The Hall–Kier alpha value is -2.67. The van der Waals surface area contributed by atoms with Gasteiger partial charge in [0, 0.05) is 25.5 Å². The number of carbonyl (C=O) groups excluding carboxylic acids is 1. The number of methoxy groups -OCH3 is 1. The van der Waals surface area contributed by atoms with E-state index in [9.17, 15) is 19.5 Å². The van der Waals surface area contributed by atoms with E-state index in [1.165, 1.54) is 12.0 Å². The van der Waals surface area contributed by atoms with Crippen LogP contribution in [0, 0.1) is 0 Å². The van der Waals surface area contributed by atoms with E-state index in [0.29, 0.717) is 10.8 Å². The Kier molecular flexibility index (Phi) is 3.87. The predicted molar refractivity (Wildman–Crippen MR) is 82.4 cm³/mol. The van der Waals surface area contributed by atoms with Crippen molar-refractivity contribution in [3.63, 3.8) is 0 Å². The molecule has 0 radical (unpaired) electrons. The topological polar surface area (TPSA) is 99.7 Å². The largest absolute Gasteiger partial charge is 0.480 e. The molecule has 0 aliphatic carbocycles. The first-order chi connectivity index (χ1) is 11.0. The number of aromatic amines is 1. The van der Waals surface area contributed by atoms with E-state index in [-0.39, 0.29) is 30.3 Å². The van der Waals surface area contributed by atoms with Crippen LogP contribution < -0.4 is 5.56 Å². The number of carboxylic acid groups (broad SMARTS) is 1. The minimum absolute atomic E-state index is 0.0803. The van der Waals surface area contributed by atoms with E-state index in [0.717, 1.165) is 0 Å². The van der Waals surface area contributed by atoms with Gasteiger partial charge >= 0.3 is 5.97 Å². The molecule has 1 amide bonds. The number of hydrogen-bond donors (Lipinski definition) is 2. The van der Waals surface area contributed by atoms with Crippen molar-refractivity contribution in [2.24, 2.45) is 0 Å². The average molecular weight is 316 g/mol. The number of likely N-dealkylation sites (tertiary alicyclic amines) is 1. The van der Waals surface area contributed by atoms with Crippen molar-refractivity contribution in [3.05, 3.63) is 46.4 Å². The van der Waals surface area contributed by atoms with Crippen LogP contribution in [0.4, 0.5) is 0 Å². The summed E-state index contributed by atoms with van der Waals surface area (Å²) in [4.78, 5) is 39.9. The zero-order valence-electron chi connectivity index (χ0n) is 12.5. The number of hydrogen-bond acceptors (Lipinski definition) is 4. The van der Waals surface area contributed by atoms with Gasteiger partial charge in [0.25, 0.3) is 11.5 Å². The van der Waals surface area contributed by atoms with Crippen molar-refractivity contribution in [1.82, 2.24) is 9.88 Å². The first kappa shape index (κ1) is 15.2. The number of benzene rings is 1. The lowest BCUT2D eigenvalue weighted by Crippen LogP contribution is -2.41. The van der Waals surface area contributed by atoms with Gasteiger partial charge in [0.2, 0.25) is 0 Å². The second-order valence-electron chi connectivity index (χ2n) is 5.50. The quantitative estimate of drug-likeness (QED) is 0.874. The van der Waals surface area contributed by atoms with Crippen molar-refractivity contribution in [2.45, 2.75) is 18.6 Å². The Morgan fingerprint density at radius 2 is 2.09 bits per heavy atom. The second-order valence-corrected chi connectivity index (χ2v) is 5.50. The van der Waals surface area contributed by atoms with E-state index < -0.39 is 17.9 Å². The van der Waals surface area contributed by atoms with Crippen LogP contribution in [0.3, 0.4) is 0 Å². The number of rotatable bonds is 3. The lowest BCUT2D eigenvalue weighted by molar-refractivity contribution is -0.141. The standard InChI is InChI=1S/C16H16N2O5/c1-23-10-7-13(16(21)22)18(8-10)15(20)12-6-9-4-2-3-5-11(9)14(19)17-12/h2-6,10,13H,7-8H2,1H3,(H,17,19)(H,21,22). The highest BCUT2D eigenvalue weighted by Crippen LogP contribution is 2.22. The molecule has 1 aromatic heterocycles. The van der Waals surface area contributed by atoms with Gasteiger partial charge < -0.3 is 19.7 Å². The Morgan fingerprint density at radius 3 is 2.78 bits per heavy atom. The molecule has 2 N–H and O–H groups in total. The number of carbonyl (C=O) groups is 2. The fourth-order valence-electron chi connectivity index (χ4n) is 2.91. The van der Waals surface area contributed by atoms with Gasteiger partial charge in [0.1, 0.15) is 11.7 Å². The van der Waals surface area contributed by atoms with Gasteiger partial charge in [-0.1, -0.05) is 18.2 Å². The fraction of sp³-hybridized carbons (Fsp3) is 0.312. The molecule has 3 rings (SSSR count). The van der Waals surface area contributed by atoms with E-state index in [1.54, 1.807) is 30.3 Å². The highest BCUT2D eigenvalue weighted by molar-refractivity contribution is 5.98. The molecule has 2 heterocycles. The third-order valence-corrected chi connectivity index (χ3v) is 4.13. The molecule has 1 aromatic carbocycles. The van der Waals surface area contributed by atoms with E-state index in [4.69, 9.17) is 4.74 Å². The lowest BCUT2D eigenvalue weighted by Gasteiger charge is -2.21. The molecule has 2 unspecified atom stereocenters. The highest BCUT2D eigenvalue weighted by Gasteiger charge is 2.40. The Labute approximate surface area is 131 Å². The molecule has 1 fully saturated rings. The molecule has 2 aromatic rings. The minimum Gasteiger partial charge on any atom is -0.480 e. The summed E-state index contributed by atoms with van der Waals surface area (Å²) in [5, 5.41) is 10.4. The molecule has 2 atom stereocenters. The zero-order chi connectivity index (χ0) is 16.6. The van der Waals surface area contributed by atoms with Gasteiger partial charge in [0.05, 0.1) is 6.10 Å². The molecule has 1 saturated heterocycles. The normalized spacial score (nSPS) is 20.8. The summed E-state index contributed by atoms with van der Waals surface area (Å²) in [7, 11) is 1.48. The number of ether oxygens (including phenoxy) is 1. The summed E-state index contributed by atoms with van der Waals surface area (Å²) in [6.07, 6.45) is -0.0951. The summed E-state index contributed by atoms with van der Waals surface area (Å²) in [5.41, 5.74) is -0.294. The minimum atomic E-state index is -1.08. The van der Waals surface area contributed by atoms with Crippen molar-refractivity contribution in [3.8, 4) is 0 Å². The smallest absolute Gasteiger partial charge is 0.326 e. The van der Waals surface area contributed by atoms with Gasteiger partial charge in [-0.25, -0.2) is 4.79 Å². The zero-order valence-corrected chi connectivity index (χ0v) is 12.5. The molecule has 0 saturated carbocycles. The molecule has 1 aliphatic heterocycles. The maximum absolute atomic E-state index is 12.7. The number of carboxylic acids is 1. The molecule has 120 valence electrons. The van der Waals surface area contributed by atoms with Crippen LogP contribution in [-0.2, 0) is 9.53 Å². The molecular formula is C16H16N2O5. The van der Waals surface area contributed by atoms with Gasteiger partial charge in [-0.15, -0.1) is 0 Å². The van der Waals surface area contributed by atoms with Gasteiger partial charge in [-0.2, -0.15) is 0 Å². The molecular weight excluding hydrogens is 300 g/mol. The maximum atomic E-state index is 12.7. The molecule has 7 nitrogen and oxygen atoms in total. The van der Waals surface area contributed by atoms with Crippen molar-refractivity contribution >= 4 is 22.6 Å². The highest BCUT2D eigenvalue weighted by atomic mass is 16.5. The van der Waals surface area contributed by atoms with E-state index in [1.807, 2.05) is 0 Å². The number of H-pyrrole nitrogens is 1. The molecule has 7 heteroatoms. The van der Waals surface area contributed by atoms with Crippen LogP contribution in [0.25, 0.3) is 10.8 Å². The molecule has 1 aliphatic rings. The van der Waals surface area contributed by atoms with Crippen LogP contribution in [0.1, 0.15) is 16.9 Å². The number of amides is 1. The third kappa shape index (κ3) is 2.70. The summed E-state index contributed by atoms with van der Waals surface area (Å²) in [5.74, 6) is -1.60. The van der Waals surface area contributed by atoms with Crippen molar-refractivity contribution < 1.29 is 19.4 Å². The van der Waals surface area contributed by atoms with Crippen LogP contribution in [0.2, 0.25) is 0 Å². The fourth-order valence-corrected chi connectivity index (χ4v) is 2.91. The summed E-state index contributed by atoms with van der Waals surface area (Å²) in [6.45, 7) is 0.182. The third-order valence-electron chi connectivity index (χ3n) is 4.13. The number of aliphatic carboxylic acids is 1. The van der Waals surface area contributed by atoms with Gasteiger partial charge in [-0.3, -0.25) is 9.59 Å². The van der Waals surface area contributed by atoms with Crippen LogP contribution in [-0.4, -0.2) is 52.7 Å². The van der Waals surface area contributed by atoms with Crippen LogP contribution in [0.5, 0.6) is 0 Å². The maximum Gasteiger partial charge on any atom is 0.326 e. The number of pyridine rings is 1. The summed E-state index contributed by atoms with van der Waals surface area (Å²) < 4.78 is 5.17. The lowest BCUT2D eigenvalue weighted by atomic mass is 10.1. The van der Waals surface area contributed by atoms with Crippen LogP contribution in [0.15, 0.2) is 35.1 Å². The number of fused-ring (bicyclic) bond motifs is 1. The SMILES string of the molecule is COC1CC(C(=O)O)N(C(=O)c2cc3ccccc3c(=O)[nH]2)C1. The van der Waals surface area contributed by atoms with Gasteiger partial charge in [-0.05, 0) is 17.5 Å². The monoisotopic (exact) mass is 316 g/mol. The predicted octanol–water partition coefficient (Wildman–Crippen LogP) is 0.842. The first-order valence-corrected chi connectivity index (χ1v) is 7.20. The van der Waals surface area contributed by atoms with Gasteiger partial charge in [0.15, 0.2) is 0 Å². The molecule has 0 bridgehead atoms. The first-order valence-electron chi connectivity index (χ1n) is 7.20. The number of nitrogens with one attached hydrogen (secondary N) is 1. The Morgan fingerprint density at radius 1 is 1.35 bits per heavy atom. The van der Waals surface area contributed by atoms with Crippen molar-refractivity contribution in [2.75, 3.05) is 13.7 Å². The summed E-state index contributed by atoms with van der Waals surface area (Å²) >= 11 is 0. The van der Waals surface area contributed by atoms with Crippen molar-refractivity contribution in [1.29, 1.82) is 0 Å². The number of aromatic nitrogens is 1. The Balaban J connectivity index is 1.99. The van der Waals surface area contributed by atoms with E-state index in [2.05, 4.69) is 4.98 Å². The van der Waals surface area contributed by atoms with E-state index >= 15 is 0 Å². The van der Waals surface area contributed by atoms with Crippen LogP contribution >= 0.6 is 0 Å². The molecule has 0 spiro atoms. The number of nitrogens with zero attached hydrogens (tertiary/aromatic N) is 1. The summed E-state index contributed by atoms with van der Waals surface area (Å²) in [6, 6.07) is 7.52. The average Bonchev–Trinajstić information content (AvgIpc) is 2.99.